The maximum Gasteiger partial charge on any atom is 0.243 e. The fourth-order valence-corrected chi connectivity index (χ4v) is 3.34. The molecule has 1 N–H and O–H groups in total. The summed E-state index contributed by atoms with van der Waals surface area (Å²) in [4.78, 5) is 26.9. The molecule has 0 aliphatic carbocycles. The van der Waals surface area contributed by atoms with E-state index in [-0.39, 0.29) is 11.8 Å². The highest BCUT2D eigenvalue weighted by Crippen LogP contribution is 2.26. The van der Waals surface area contributed by atoms with Crippen molar-refractivity contribution in [3.05, 3.63) is 41.6 Å². The average molecular weight is 370 g/mol. The van der Waals surface area contributed by atoms with Gasteiger partial charge in [-0.15, -0.1) is 0 Å². The van der Waals surface area contributed by atoms with Crippen LogP contribution < -0.4 is 15.0 Å². The Balaban J connectivity index is 1.70. The monoisotopic (exact) mass is 370 g/mol. The Morgan fingerprint density at radius 3 is 2.70 bits per heavy atom. The highest BCUT2D eigenvalue weighted by Gasteiger charge is 2.34. The third-order valence-corrected chi connectivity index (χ3v) is 4.64. The first-order valence-corrected chi connectivity index (χ1v) is 9.39. The number of rotatable bonds is 7. The number of amides is 2. The van der Waals surface area contributed by atoms with Crippen molar-refractivity contribution in [2.45, 2.75) is 52.7 Å². The molecule has 0 saturated carbocycles. The summed E-state index contributed by atoms with van der Waals surface area (Å²) in [5.74, 6) is 1.31. The van der Waals surface area contributed by atoms with Gasteiger partial charge in [-0.3, -0.25) is 14.5 Å². The molecule has 3 rings (SSSR count). The summed E-state index contributed by atoms with van der Waals surface area (Å²) in [7, 11) is 0. The van der Waals surface area contributed by atoms with Crippen LogP contribution in [0.5, 0.6) is 5.75 Å². The highest BCUT2D eigenvalue weighted by molar-refractivity contribution is 6.00. The van der Waals surface area contributed by atoms with Crippen LogP contribution >= 0.6 is 0 Å². The fraction of sp³-hybridized carbons (Fsp3) is 0.450. The number of benzene rings is 1. The Morgan fingerprint density at radius 1 is 1.30 bits per heavy atom. The van der Waals surface area contributed by atoms with Crippen LogP contribution in [0.15, 0.2) is 30.3 Å². The van der Waals surface area contributed by atoms with Crippen LogP contribution in [0.2, 0.25) is 0 Å². The first-order chi connectivity index (χ1) is 13.0. The van der Waals surface area contributed by atoms with Gasteiger partial charge in [0.15, 0.2) is 0 Å². The number of fused-ring (bicyclic) bond motifs is 1. The highest BCUT2D eigenvalue weighted by atomic mass is 16.5. The first-order valence-electron chi connectivity index (χ1n) is 9.39. The molecule has 27 heavy (non-hydrogen) atoms. The van der Waals surface area contributed by atoms with Crippen LogP contribution in [0, 0.1) is 6.92 Å². The molecule has 2 amide bonds. The molecule has 1 aromatic heterocycles. The van der Waals surface area contributed by atoms with Gasteiger partial charge in [0.05, 0.1) is 18.8 Å². The number of carbonyl (C=O) groups is 2. The van der Waals surface area contributed by atoms with E-state index < -0.39 is 6.04 Å². The molecular formula is C20H26N4O3. The molecule has 1 atom stereocenters. The maximum absolute atomic E-state index is 12.8. The summed E-state index contributed by atoms with van der Waals surface area (Å²) in [5, 5.41) is 7.36. The van der Waals surface area contributed by atoms with Crippen LogP contribution in [0.3, 0.4) is 0 Å². The predicted molar refractivity (Wildman–Crippen MR) is 103 cm³/mol. The number of hydrogen-bond donors (Lipinski definition) is 1. The molecule has 1 unspecified atom stereocenters. The molecule has 1 aliphatic heterocycles. The van der Waals surface area contributed by atoms with Crippen molar-refractivity contribution in [1.82, 2.24) is 15.1 Å². The summed E-state index contributed by atoms with van der Waals surface area (Å²) in [6, 6.07) is 8.94. The Labute approximate surface area is 159 Å². The summed E-state index contributed by atoms with van der Waals surface area (Å²) in [5.41, 5.74) is 1.82. The van der Waals surface area contributed by atoms with Crippen molar-refractivity contribution >= 4 is 17.6 Å². The number of aryl methyl sites for hydroxylation is 2. The first kappa shape index (κ1) is 18.9. The maximum atomic E-state index is 12.8. The second-order valence-corrected chi connectivity index (χ2v) is 6.60. The van der Waals surface area contributed by atoms with Gasteiger partial charge < -0.3 is 10.1 Å². The van der Waals surface area contributed by atoms with Gasteiger partial charge in [0.25, 0.3) is 0 Å². The summed E-state index contributed by atoms with van der Waals surface area (Å²) < 4.78 is 7.23. The molecule has 0 spiro atoms. The van der Waals surface area contributed by atoms with Crippen LogP contribution in [0.1, 0.15) is 37.9 Å². The molecule has 1 aromatic carbocycles. The molecule has 0 radical (unpaired) electrons. The van der Waals surface area contributed by atoms with E-state index in [0.717, 1.165) is 17.0 Å². The average Bonchev–Trinajstić information content (AvgIpc) is 3.04. The van der Waals surface area contributed by atoms with Crippen LogP contribution in [-0.4, -0.2) is 34.2 Å². The normalized spacial score (nSPS) is 14.6. The zero-order valence-corrected chi connectivity index (χ0v) is 16.1. The number of nitrogens with zero attached hydrogens (tertiary/aromatic N) is 3. The minimum Gasteiger partial charge on any atom is -0.494 e. The van der Waals surface area contributed by atoms with Gasteiger partial charge >= 0.3 is 0 Å². The molecule has 7 heteroatoms. The van der Waals surface area contributed by atoms with E-state index in [4.69, 9.17) is 4.74 Å². The van der Waals surface area contributed by atoms with Gasteiger partial charge in [-0.1, -0.05) is 19.1 Å². The molecule has 144 valence electrons. The molecule has 0 bridgehead atoms. The second kappa shape index (κ2) is 8.24. The Hall–Kier alpha value is -2.83. The zero-order valence-electron chi connectivity index (χ0n) is 16.1. The lowest BCUT2D eigenvalue weighted by Gasteiger charge is -2.33. The molecular weight excluding hydrogens is 344 g/mol. The van der Waals surface area contributed by atoms with Crippen LogP contribution in [0.4, 0.5) is 5.82 Å². The van der Waals surface area contributed by atoms with E-state index in [1.807, 2.05) is 51.1 Å². The van der Waals surface area contributed by atoms with Gasteiger partial charge in [0.2, 0.25) is 11.8 Å². The summed E-state index contributed by atoms with van der Waals surface area (Å²) in [6.45, 7) is 7.32. The third-order valence-electron chi connectivity index (χ3n) is 4.64. The number of anilines is 1. The molecule has 7 nitrogen and oxygen atoms in total. The number of carbonyl (C=O) groups excluding carboxylic acids is 2. The molecule has 2 aromatic rings. The Kier molecular flexibility index (Phi) is 5.78. The predicted octanol–water partition coefficient (Wildman–Crippen LogP) is 2.42. The molecule has 2 heterocycles. The lowest BCUT2D eigenvalue weighted by molar-refractivity contribution is -0.127. The quantitative estimate of drug-likeness (QED) is 0.812. The standard InChI is InChI=1S/C20H26N4O3/c1-4-17(24-18-12-14(3)22-23(18)11-10-19(24)25)20(26)21-13-15-6-8-16(9-7-15)27-5-2/h6-9,12,17H,4-5,10-11,13H2,1-3H3,(H,21,26). The van der Waals surface area contributed by atoms with Crippen LogP contribution in [0.25, 0.3) is 0 Å². The molecule has 0 saturated heterocycles. The van der Waals surface area contributed by atoms with Crippen molar-refractivity contribution < 1.29 is 14.3 Å². The van der Waals surface area contributed by atoms with Crippen LogP contribution in [-0.2, 0) is 22.7 Å². The number of nitrogens with one attached hydrogen (secondary N) is 1. The van der Waals surface area contributed by atoms with E-state index in [0.29, 0.717) is 38.4 Å². The van der Waals surface area contributed by atoms with Gasteiger partial charge in [-0.2, -0.15) is 5.10 Å². The Bertz CT molecular complexity index is 813. The number of hydrogen-bond acceptors (Lipinski definition) is 4. The smallest absolute Gasteiger partial charge is 0.243 e. The minimum atomic E-state index is -0.546. The topological polar surface area (TPSA) is 76.5 Å². The lowest BCUT2D eigenvalue weighted by atomic mass is 10.1. The number of aromatic nitrogens is 2. The lowest BCUT2D eigenvalue weighted by Crippen LogP contribution is -2.52. The number of ether oxygens (including phenoxy) is 1. The van der Waals surface area contributed by atoms with Gasteiger partial charge in [-0.25, -0.2) is 4.68 Å². The summed E-state index contributed by atoms with van der Waals surface area (Å²) >= 11 is 0. The van der Waals surface area contributed by atoms with E-state index in [1.165, 1.54) is 0 Å². The molecule has 1 aliphatic rings. The van der Waals surface area contributed by atoms with Crippen molar-refractivity contribution in [3.8, 4) is 5.75 Å². The Morgan fingerprint density at radius 2 is 2.04 bits per heavy atom. The zero-order chi connectivity index (χ0) is 19.4. The third kappa shape index (κ3) is 4.13. The van der Waals surface area contributed by atoms with Crippen molar-refractivity contribution in [3.63, 3.8) is 0 Å². The largest absolute Gasteiger partial charge is 0.494 e. The van der Waals surface area contributed by atoms with Crippen molar-refractivity contribution in [2.24, 2.45) is 0 Å². The van der Waals surface area contributed by atoms with Gasteiger partial charge in [-0.05, 0) is 38.0 Å². The van der Waals surface area contributed by atoms with Crippen molar-refractivity contribution in [1.29, 1.82) is 0 Å². The van der Waals surface area contributed by atoms with Gasteiger partial charge in [0, 0.05) is 19.0 Å². The van der Waals surface area contributed by atoms with E-state index >= 15 is 0 Å². The van der Waals surface area contributed by atoms with Crippen molar-refractivity contribution in [2.75, 3.05) is 11.5 Å². The second-order valence-electron chi connectivity index (χ2n) is 6.60. The van der Waals surface area contributed by atoms with Gasteiger partial charge in [0.1, 0.15) is 17.6 Å². The van der Waals surface area contributed by atoms with E-state index in [1.54, 1.807) is 9.58 Å². The molecule has 0 fully saturated rings. The minimum absolute atomic E-state index is 0.0366. The SMILES string of the molecule is CCOc1ccc(CNC(=O)C(CC)N2C(=O)CCn3nc(C)cc32)cc1. The fourth-order valence-electron chi connectivity index (χ4n) is 3.34. The van der Waals surface area contributed by atoms with E-state index in [9.17, 15) is 9.59 Å². The van der Waals surface area contributed by atoms with E-state index in [2.05, 4.69) is 10.4 Å². The summed E-state index contributed by atoms with van der Waals surface area (Å²) in [6.07, 6.45) is 0.891.